The molecule has 37 heavy (non-hydrogen) atoms. The summed E-state index contributed by atoms with van der Waals surface area (Å²) < 4.78 is 8.34. The van der Waals surface area contributed by atoms with Crippen LogP contribution in [0.3, 0.4) is 0 Å². The Balaban J connectivity index is 1.59. The predicted octanol–water partition coefficient (Wildman–Crippen LogP) is 1.67. The molecule has 0 aliphatic heterocycles. The summed E-state index contributed by atoms with van der Waals surface area (Å²) in [5.41, 5.74) is 6.34. The van der Waals surface area contributed by atoms with Crippen molar-refractivity contribution >= 4 is 28.5 Å². The Morgan fingerprint density at radius 2 is 1.95 bits per heavy atom. The first-order valence-electron chi connectivity index (χ1n) is 11.2. The van der Waals surface area contributed by atoms with Crippen molar-refractivity contribution in [2.24, 2.45) is 7.05 Å². The Hall–Kier alpha value is -4.91. The van der Waals surface area contributed by atoms with Gasteiger partial charge in [-0.25, -0.2) is 4.79 Å². The largest absolute Gasteiger partial charge is 0.491 e. The molecule has 4 aromatic rings. The van der Waals surface area contributed by atoms with Crippen molar-refractivity contribution in [2.75, 3.05) is 12.0 Å². The lowest BCUT2D eigenvalue weighted by molar-refractivity contribution is -0.384. The third-order valence-corrected chi connectivity index (χ3v) is 5.68. The molecule has 0 fully saturated rings. The number of nitro benzene ring substituents is 1. The zero-order chi connectivity index (χ0) is 26.7. The lowest BCUT2D eigenvalue weighted by Crippen LogP contribution is -2.31. The van der Waals surface area contributed by atoms with Crippen molar-refractivity contribution in [2.45, 2.75) is 19.6 Å². The van der Waals surface area contributed by atoms with Crippen LogP contribution in [0.2, 0.25) is 0 Å². The van der Waals surface area contributed by atoms with Crippen molar-refractivity contribution in [3.63, 3.8) is 0 Å². The van der Waals surface area contributed by atoms with Crippen LogP contribution < -0.4 is 26.8 Å². The van der Waals surface area contributed by atoms with Gasteiger partial charge in [0, 0.05) is 19.2 Å². The highest BCUT2D eigenvalue weighted by Gasteiger charge is 2.20. The van der Waals surface area contributed by atoms with Gasteiger partial charge in [0.15, 0.2) is 11.2 Å². The van der Waals surface area contributed by atoms with E-state index in [9.17, 15) is 24.8 Å². The van der Waals surface area contributed by atoms with Crippen molar-refractivity contribution in [1.29, 1.82) is 0 Å². The number of aromatic nitrogens is 4. The van der Waals surface area contributed by atoms with Crippen LogP contribution in [-0.2, 0) is 13.6 Å². The summed E-state index contributed by atoms with van der Waals surface area (Å²) >= 11 is 0. The van der Waals surface area contributed by atoms with E-state index < -0.39 is 22.3 Å². The summed E-state index contributed by atoms with van der Waals surface area (Å²) in [4.78, 5) is 41.8. The zero-order valence-corrected chi connectivity index (χ0v) is 20.1. The molecular formula is C24H25N7O6. The first kappa shape index (κ1) is 25.2. The smallest absolute Gasteiger partial charge is 0.329 e. The van der Waals surface area contributed by atoms with Gasteiger partial charge in [-0.05, 0) is 36.2 Å². The number of ether oxygens (including phenoxy) is 1. The molecule has 0 radical (unpaired) electrons. The highest BCUT2D eigenvalue weighted by Crippen LogP contribution is 2.20. The van der Waals surface area contributed by atoms with Gasteiger partial charge < -0.3 is 14.4 Å². The van der Waals surface area contributed by atoms with Crippen molar-refractivity contribution in [1.82, 2.24) is 24.5 Å². The number of H-pyrrole nitrogens is 1. The maximum Gasteiger partial charge on any atom is 0.329 e. The molecule has 4 N–H and O–H groups in total. The molecule has 0 bridgehead atoms. The van der Waals surface area contributed by atoms with Crippen LogP contribution in [0, 0.1) is 17.0 Å². The van der Waals surface area contributed by atoms with Gasteiger partial charge in [0.2, 0.25) is 5.95 Å². The van der Waals surface area contributed by atoms with Crippen molar-refractivity contribution < 1.29 is 14.8 Å². The number of hydrogen-bond acceptors (Lipinski definition) is 9. The number of nitrogens with zero attached hydrogens (tertiary/aromatic N) is 4. The molecule has 13 nitrogen and oxygen atoms in total. The van der Waals surface area contributed by atoms with Gasteiger partial charge in [-0.2, -0.15) is 4.98 Å². The summed E-state index contributed by atoms with van der Waals surface area (Å²) in [6, 6.07) is 13.1. The number of aromatic amines is 1. The molecule has 2 aromatic heterocycles. The summed E-state index contributed by atoms with van der Waals surface area (Å²) in [6.07, 6.45) is -1.04. The van der Waals surface area contributed by atoms with E-state index in [-0.39, 0.29) is 36.0 Å². The number of fused-ring (bicyclic) bond motifs is 1. The minimum Gasteiger partial charge on any atom is -0.491 e. The topological polar surface area (TPSA) is 169 Å². The Labute approximate surface area is 209 Å². The average molecular weight is 508 g/mol. The summed E-state index contributed by atoms with van der Waals surface area (Å²) in [6.45, 7) is 5.65. The van der Waals surface area contributed by atoms with E-state index in [1.807, 2.05) is 25.1 Å². The lowest BCUT2D eigenvalue weighted by Gasteiger charge is -2.17. The number of nitrogens with one attached hydrogen (secondary N) is 3. The quantitative estimate of drug-likeness (QED) is 0.184. The second kappa shape index (κ2) is 10.4. The SMILES string of the molecule is C=C(NNc1nc2c(c(=O)[nH]c(=O)n2C)n1C[C@H](O)COc1ccccc1C)c1ccc([N+](=O)[O-])cc1. The third-order valence-electron chi connectivity index (χ3n) is 5.68. The maximum absolute atomic E-state index is 12.7. The number of hydrogen-bond donors (Lipinski definition) is 4. The molecule has 0 aliphatic carbocycles. The number of para-hydroxylation sites is 1. The predicted molar refractivity (Wildman–Crippen MR) is 137 cm³/mol. The normalized spacial score (nSPS) is 11.8. The van der Waals surface area contributed by atoms with E-state index in [1.54, 1.807) is 6.07 Å². The number of imidazole rings is 1. The van der Waals surface area contributed by atoms with Crippen LogP contribution in [-0.4, -0.2) is 41.8 Å². The molecule has 0 saturated heterocycles. The molecule has 2 heterocycles. The Kier molecular flexibility index (Phi) is 7.06. The fourth-order valence-corrected chi connectivity index (χ4v) is 3.66. The van der Waals surface area contributed by atoms with Gasteiger partial charge in [0.25, 0.3) is 11.2 Å². The highest BCUT2D eigenvalue weighted by molar-refractivity contribution is 5.74. The molecule has 2 aromatic carbocycles. The molecule has 0 spiro atoms. The number of rotatable bonds is 10. The molecule has 0 aliphatic rings. The van der Waals surface area contributed by atoms with Crippen LogP contribution in [0.5, 0.6) is 5.75 Å². The minimum atomic E-state index is -1.04. The highest BCUT2D eigenvalue weighted by atomic mass is 16.6. The van der Waals surface area contributed by atoms with Crippen molar-refractivity contribution in [3.8, 4) is 5.75 Å². The van der Waals surface area contributed by atoms with Crippen LogP contribution in [0.1, 0.15) is 11.1 Å². The molecule has 0 amide bonds. The molecule has 0 unspecified atom stereocenters. The zero-order valence-electron chi connectivity index (χ0n) is 20.1. The second-order valence-corrected chi connectivity index (χ2v) is 8.30. The molecule has 0 saturated carbocycles. The Morgan fingerprint density at radius 1 is 1.24 bits per heavy atom. The van der Waals surface area contributed by atoms with Gasteiger partial charge in [0.1, 0.15) is 18.5 Å². The number of benzene rings is 2. The lowest BCUT2D eigenvalue weighted by atomic mass is 10.1. The first-order valence-corrected chi connectivity index (χ1v) is 11.2. The molecular weight excluding hydrogens is 482 g/mol. The van der Waals surface area contributed by atoms with Gasteiger partial charge in [-0.3, -0.25) is 35.3 Å². The van der Waals surface area contributed by atoms with Crippen LogP contribution in [0.4, 0.5) is 11.6 Å². The fourth-order valence-electron chi connectivity index (χ4n) is 3.66. The third kappa shape index (κ3) is 5.36. The second-order valence-electron chi connectivity index (χ2n) is 8.30. The number of nitro groups is 1. The number of anilines is 1. The summed E-state index contributed by atoms with van der Waals surface area (Å²) in [5.74, 6) is 0.747. The molecule has 4 rings (SSSR count). The fraction of sp³-hybridized carbons (Fsp3) is 0.208. The summed E-state index contributed by atoms with van der Waals surface area (Å²) in [7, 11) is 1.46. The minimum absolute atomic E-state index is 0.0590. The standard InChI is InChI=1S/C24H25N7O6/c1-14-6-4-5-7-19(14)37-13-18(32)12-30-20-21(29(3)24(34)26-22(20)33)25-23(30)28-27-15(2)16-8-10-17(11-9-16)31(35)36/h4-11,18,27,32H,2,12-13H2,1,3H3,(H,25,28)(H,26,33,34)/t18-/m0/s1. The molecule has 13 heteroatoms. The van der Waals surface area contributed by atoms with Gasteiger partial charge in [-0.15, -0.1) is 0 Å². The number of hydrazine groups is 1. The maximum atomic E-state index is 12.7. The van der Waals surface area contributed by atoms with Gasteiger partial charge in [0.05, 0.1) is 17.2 Å². The Morgan fingerprint density at radius 3 is 2.62 bits per heavy atom. The first-order chi connectivity index (χ1) is 17.7. The van der Waals surface area contributed by atoms with Crippen molar-refractivity contribution in [3.05, 3.63) is 97.2 Å². The van der Waals surface area contributed by atoms with Gasteiger partial charge in [-0.1, -0.05) is 24.8 Å². The number of aryl methyl sites for hydroxylation is 2. The van der Waals surface area contributed by atoms with E-state index in [2.05, 4.69) is 27.4 Å². The number of non-ortho nitro benzene ring substituents is 1. The Bertz CT molecular complexity index is 1590. The molecule has 1 atom stereocenters. The van der Waals surface area contributed by atoms with Crippen LogP contribution >= 0.6 is 0 Å². The van der Waals surface area contributed by atoms with E-state index in [0.29, 0.717) is 17.0 Å². The van der Waals surface area contributed by atoms with E-state index in [0.717, 1.165) is 5.56 Å². The van der Waals surface area contributed by atoms with E-state index >= 15 is 0 Å². The summed E-state index contributed by atoms with van der Waals surface area (Å²) in [5, 5.41) is 21.6. The average Bonchev–Trinajstić information content (AvgIpc) is 3.24. The van der Waals surface area contributed by atoms with Crippen LogP contribution in [0.15, 0.2) is 64.7 Å². The monoisotopic (exact) mass is 507 g/mol. The number of aliphatic hydroxyl groups is 1. The van der Waals surface area contributed by atoms with Crippen LogP contribution in [0.25, 0.3) is 16.9 Å². The van der Waals surface area contributed by atoms with Gasteiger partial charge >= 0.3 is 5.69 Å². The number of aliphatic hydroxyl groups excluding tert-OH is 1. The van der Waals surface area contributed by atoms with E-state index in [4.69, 9.17) is 4.74 Å². The van der Waals surface area contributed by atoms with E-state index in [1.165, 1.54) is 40.4 Å². The molecule has 192 valence electrons.